The Morgan fingerprint density at radius 1 is 0.577 bits per heavy atom. The minimum absolute atomic E-state index is 0.139. The van der Waals surface area contributed by atoms with Gasteiger partial charge in [0.05, 0.1) is 13.2 Å². The molecule has 0 aliphatic rings. The highest BCUT2D eigenvalue weighted by Gasteiger charge is 2.28. The molecule has 4 N–H and O–H groups in total. The number of rotatable bonds is 38. The number of phosphoric acid groups is 1. The van der Waals surface area contributed by atoms with E-state index in [1.165, 1.54) is 89.9 Å². The summed E-state index contributed by atoms with van der Waals surface area (Å²) in [5.41, 5.74) is 5.32. The first-order valence-electron chi connectivity index (χ1n) is 20.4. The molecule has 0 spiro atoms. The number of carboxylic acids is 1. The maximum atomic E-state index is 12.6. The van der Waals surface area contributed by atoms with Crippen LogP contribution in [0.4, 0.5) is 0 Å². The quantitative estimate of drug-likeness (QED) is 0.0237. The molecule has 0 aliphatic heterocycles. The van der Waals surface area contributed by atoms with Crippen molar-refractivity contribution in [2.75, 3.05) is 19.8 Å². The van der Waals surface area contributed by atoms with Crippen molar-refractivity contribution >= 4 is 25.7 Å². The summed E-state index contributed by atoms with van der Waals surface area (Å²) < 4.78 is 32.6. The van der Waals surface area contributed by atoms with E-state index in [9.17, 15) is 23.8 Å². The second-order valence-electron chi connectivity index (χ2n) is 13.8. The lowest BCUT2D eigenvalue weighted by Gasteiger charge is -2.20. The van der Waals surface area contributed by atoms with E-state index in [2.05, 4.69) is 42.7 Å². The number of aliphatic carboxylic acids is 1. The Morgan fingerprint density at radius 3 is 1.40 bits per heavy atom. The number of carbonyl (C=O) groups is 3. The van der Waals surface area contributed by atoms with Crippen LogP contribution in [0.15, 0.2) is 24.3 Å². The van der Waals surface area contributed by atoms with Gasteiger partial charge in [-0.15, -0.1) is 0 Å². The highest BCUT2D eigenvalue weighted by atomic mass is 31.2. The highest BCUT2D eigenvalue weighted by Crippen LogP contribution is 2.43. The molecule has 0 saturated carbocycles. The lowest BCUT2D eigenvalue weighted by atomic mass is 10.1. The molecule has 304 valence electrons. The molecule has 52 heavy (non-hydrogen) atoms. The largest absolute Gasteiger partial charge is 0.480 e. The number of hydrogen-bond acceptors (Lipinski definition) is 9. The normalized spacial score (nSPS) is 14.1. The van der Waals surface area contributed by atoms with Crippen molar-refractivity contribution in [3.05, 3.63) is 24.3 Å². The number of nitrogens with two attached hydrogens (primary N) is 1. The van der Waals surface area contributed by atoms with Crippen LogP contribution in [0.3, 0.4) is 0 Å². The fraction of sp³-hybridized carbons (Fsp3) is 0.825. The number of phosphoric ester groups is 1. The molecule has 0 aromatic heterocycles. The van der Waals surface area contributed by atoms with Crippen LogP contribution in [-0.2, 0) is 37.5 Å². The van der Waals surface area contributed by atoms with Gasteiger partial charge in [-0.05, 0) is 64.2 Å². The first kappa shape index (κ1) is 50.0. The number of ether oxygens (including phenoxy) is 2. The third kappa shape index (κ3) is 35.0. The monoisotopic (exact) mass is 760 g/mol. The zero-order valence-electron chi connectivity index (χ0n) is 32.7. The molecule has 0 fully saturated rings. The van der Waals surface area contributed by atoms with E-state index in [1.807, 2.05) is 0 Å². The van der Waals surface area contributed by atoms with Gasteiger partial charge in [-0.3, -0.25) is 23.4 Å². The summed E-state index contributed by atoms with van der Waals surface area (Å²) >= 11 is 0. The van der Waals surface area contributed by atoms with Crippen molar-refractivity contribution in [3.8, 4) is 0 Å². The fourth-order valence-corrected chi connectivity index (χ4v) is 6.18. The van der Waals surface area contributed by atoms with Gasteiger partial charge in [0.15, 0.2) is 6.10 Å². The zero-order valence-corrected chi connectivity index (χ0v) is 33.5. The summed E-state index contributed by atoms with van der Waals surface area (Å²) in [6.07, 6.45) is 35.3. The van der Waals surface area contributed by atoms with Gasteiger partial charge in [0, 0.05) is 12.8 Å². The van der Waals surface area contributed by atoms with Crippen LogP contribution in [0.5, 0.6) is 0 Å². The van der Waals surface area contributed by atoms with Crippen LogP contribution >= 0.6 is 7.82 Å². The molecular formula is C40H74NO10P. The van der Waals surface area contributed by atoms with E-state index < -0.39 is 51.1 Å². The fourth-order valence-electron chi connectivity index (χ4n) is 5.41. The maximum Gasteiger partial charge on any atom is 0.472 e. The van der Waals surface area contributed by atoms with Crippen molar-refractivity contribution in [2.45, 2.75) is 193 Å². The standard InChI is InChI=1S/C40H74NO10P/c1-3-5-7-9-11-13-15-17-18-20-21-23-25-27-29-31-38(42)48-33-36(34-49-52(46,47)50-35-37(41)40(44)45)51-39(43)32-30-28-26-24-22-19-16-14-12-10-8-6-4-2/h19-22,36-37H,3-18,23-35,41H2,1-2H3,(H,44,45)(H,46,47)/b21-20+,22-19+/t36-,37+/m1/s1. The minimum atomic E-state index is -4.72. The van der Waals surface area contributed by atoms with E-state index in [0.29, 0.717) is 12.8 Å². The van der Waals surface area contributed by atoms with Gasteiger partial charge < -0.3 is 25.2 Å². The number of carbonyl (C=O) groups excluding carboxylic acids is 2. The average Bonchev–Trinajstić information content (AvgIpc) is 3.12. The topological polar surface area (TPSA) is 172 Å². The summed E-state index contributed by atoms with van der Waals surface area (Å²) in [6, 6.07) is -1.52. The van der Waals surface area contributed by atoms with Crippen LogP contribution in [0, 0.1) is 0 Å². The van der Waals surface area contributed by atoms with E-state index in [4.69, 9.17) is 24.8 Å². The number of esters is 2. The number of carboxylic acid groups (broad SMARTS) is 1. The van der Waals surface area contributed by atoms with Crippen molar-refractivity contribution < 1.29 is 47.5 Å². The zero-order chi connectivity index (χ0) is 38.5. The van der Waals surface area contributed by atoms with Crippen LogP contribution < -0.4 is 5.73 Å². The molecule has 0 heterocycles. The third-order valence-electron chi connectivity index (χ3n) is 8.67. The van der Waals surface area contributed by atoms with Crippen LogP contribution in [-0.4, -0.2) is 59.9 Å². The van der Waals surface area contributed by atoms with Crippen LogP contribution in [0.1, 0.15) is 181 Å². The molecule has 0 bridgehead atoms. The van der Waals surface area contributed by atoms with Gasteiger partial charge in [-0.25, -0.2) is 4.57 Å². The molecule has 0 aromatic rings. The SMILES string of the molecule is CCCCCCCC/C=C/CCCCCC(=O)O[C@H](COC(=O)CCCCC/C=C/CCCCCCCCCC)COP(=O)(O)OC[C@H](N)C(=O)O. The Balaban J connectivity index is 4.44. The van der Waals surface area contributed by atoms with Gasteiger partial charge in [0.2, 0.25) is 0 Å². The molecule has 0 rings (SSSR count). The smallest absolute Gasteiger partial charge is 0.472 e. The lowest BCUT2D eigenvalue weighted by molar-refractivity contribution is -0.161. The second-order valence-corrected chi connectivity index (χ2v) is 15.2. The van der Waals surface area contributed by atoms with Crippen LogP contribution in [0.2, 0.25) is 0 Å². The highest BCUT2D eigenvalue weighted by molar-refractivity contribution is 7.47. The minimum Gasteiger partial charge on any atom is -0.480 e. The van der Waals surface area contributed by atoms with E-state index in [0.717, 1.165) is 51.4 Å². The number of hydrogen-bond donors (Lipinski definition) is 3. The first-order valence-corrected chi connectivity index (χ1v) is 21.9. The molecule has 0 aliphatic carbocycles. The predicted octanol–water partition coefficient (Wildman–Crippen LogP) is 10.3. The summed E-state index contributed by atoms with van der Waals surface area (Å²) in [6.45, 7) is 2.75. The second kappa shape index (κ2) is 36.0. The summed E-state index contributed by atoms with van der Waals surface area (Å²) in [4.78, 5) is 45.8. The van der Waals surface area contributed by atoms with Crippen LogP contribution in [0.25, 0.3) is 0 Å². The molecule has 0 aromatic carbocycles. The van der Waals surface area contributed by atoms with E-state index in [-0.39, 0.29) is 19.4 Å². The summed E-state index contributed by atoms with van der Waals surface area (Å²) in [5.74, 6) is -2.42. The molecular weight excluding hydrogens is 685 g/mol. The van der Waals surface area contributed by atoms with E-state index >= 15 is 0 Å². The van der Waals surface area contributed by atoms with Crippen molar-refractivity contribution in [3.63, 3.8) is 0 Å². The van der Waals surface area contributed by atoms with Crippen molar-refractivity contribution in [1.82, 2.24) is 0 Å². The van der Waals surface area contributed by atoms with Gasteiger partial charge in [-0.2, -0.15) is 0 Å². The maximum absolute atomic E-state index is 12.6. The lowest BCUT2D eigenvalue weighted by Crippen LogP contribution is -2.34. The Labute approximate surface area is 315 Å². The Bertz CT molecular complexity index is 989. The molecule has 12 heteroatoms. The van der Waals surface area contributed by atoms with E-state index in [1.54, 1.807) is 0 Å². The Morgan fingerprint density at radius 2 is 0.962 bits per heavy atom. The molecule has 1 unspecified atom stereocenters. The summed E-state index contributed by atoms with van der Waals surface area (Å²) in [5, 5.41) is 8.86. The molecule has 3 atom stereocenters. The van der Waals surface area contributed by atoms with Crippen molar-refractivity contribution in [2.24, 2.45) is 5.73 Å². The molecule has 0 radical (unpaired) electrons. The predicted molar refractivity (Wildman–Crippen MR) is 208 cm³/mol. The third-order valence-corrected chi connectivity index (χ3v) is 9.62. The Kier molecular flexibility index (Phi) is 34.6. The molecule has 0 saturated heterocycles. The first-order chi connectivity index (χ1) is 25.1. The summed E-state index contributed by atoms with van der Waals surface area (Å²) in [7, 11) is -4.72. The average molecular weight is 760 g/mol. The van der Waals surface area contributed by atoms with Gasteiger partial charge in [0.1, 0.15) is 12.6 Å². The Hall–Kier alpha value is -2.04. The van der Waals surface area contributed by atoms with Gasteiger partial charge >= 0.3 is 25.7 Å². The van der Waals surface area contributed by atoms with Gasteiger partial charge in [-0.1, -0.05) is 128 Å². The molecule has 11 nitrogen and oxygen atoms in total. The molecule has 0 amide bonds. The number of unbranched alkanes of at least 4 members (excludes halogenated alkanes) is 20. The van der Waals surface area contributed by atoms with Crippen molar-refractivity contribution in [1.29, 1.82) is 0 Å². The van der Waals surface area contributed by atoms with Gasteiger partial charge in [0.25, 0.3) is 0 Å². The number of allylic oxidation sites excluding steroid dienone is 4.